The Kier molecular flexibility index (Phi) is 6.36. The second-order valence-electron chi connectivity index (χ2n) is 6.24. The Morgan fingerprint density at radius 2 is 1.81 bits per heavy atom. The fraction of sp³-hybridized carbons (Fsp3) is 0.300. The lowest BCUT2D eigenvalue weighted by molar-refractivity contribution is 0.0167. The molecule has 2 amide bonds. The lowest BCUT2D eigenvalue weighted by Crippen LogP contribution is -2.44. The minimum absolute atomic E-state index is 0.0683. The zero-order valence-electron chi connectivity index (χ0n) is 14.8. The van der Waals surface area contributed by atoms with Crippen molar-refractivity contribution in [1.29, 1.82) is 5.26 Å². The van der Waals surface area contributed by atoms with E-state index >= 15 is 0 Å². The Morgan fingerprint density at radius 1 is 1.15 bits per heavy atom. The maximum absolute atomic E-state index is 13.3. The predicted molar refractivity (Wildman–Crippen MR) is 99.7 cm³/mol. The van der Waals surface area contributed by atoms with Crippen LogP contribution in [0.5, 0.6) is 0 Å². The van der Waals surface area contributed by atoms with Crippen molar-refractivity contribution in [2.45, 2.75) is 6.04 Å². The Hall–Kier alpha value is -2.95. The largest absolute Gasteiger partial charge is 0.379 e. The molecule has 1 fully saturated rings. The van der Waals surface area contributed by atoms with Crippen molar-refractivity contribution < 1.29 is 13.9 Å². The predicted octanol–water partition coefficient (Wildman–Crippen LogP) is 2.89. The van der Waals surface area contributed by atoms with Crippen LogP contribution >= 0.6 is 0 Å². The Bertz CT molecular complexity index is 796. The number of carbonyl (C=O) groups excluding carboxylic acids is 1. The summed E-state index contributed by atoms with van der Waals surface area (Å²) in [4.78, 5) is 14.5. The summed E-state index contributed by atoms with van der Waals surface area (Å²) in [6, 6.07) is 14.6. The van der Waals surface area contributed by atoms with Gasteiger partial charge in [0.25, 0.3) is 0 Å². The first-order chi connectivity index (χ1) is 13.2. The molecule has 0 spiro atoms. The summed E-state index contributed by atoms with van der Waals surface area (Å²) < 4.78 is 18.7. The molecular weight excluding hydrogens is 347 g/mol. The van der Waals surface area contributed by atoms with Crippen molar-refractivity contribution in [3.05, 3.63) is 65.5 Å². The van der Waals surface area contributed by atoms with Gasteiger partial charge in [-0.05, 0) is 42.0 Å². The van der Waals surface area contributed by atoms with Gasteiger partial charge in [0.2, 0.25) is 0 Å². The van der Waals surface area contributed by atoms with E-state index in [1.54, 1.807) is 36.4 Å². The number of nitrogens with one attached hydrogen (secondary N) is 2. The number of halogens is 1. The Morgan fingerprint density at radius 3 is 2.44 bits per heavy atom. The van der Waals surface area contributed by atoms with Gasteiger partial charge in [-0.2, -0.15) is 5.26 Å². The number of urea groups is 1. The van der Waals surface area contributed by atoms with Crippen LogP contribution in [0.2, 0.25) is 0 Å². The third-order valence-electron chi connectivity index (χ3n) is 4.47. The van der Waals surface area contributed by atoms with Crippen LogP contribution in [0.3, 0.4) is 0 Å². The van der Waals surface area contributed by atoms with Gasteiger partial charge in [0.05, 0.1) is 30.9 Å². The molecule has 1 heterocycles. The van der Waals surface area contributed by atoms with E-state index in [1.807, 2.05) is 6.07 Å². The number of rotatable bonds is 5. The minimum atomic E-state index is -0.333. The van der Waals surface area contributed by atoms with Crippen molar-refractivity contribution in [2.24, 2.45) is 0 Å². The van der Waals surface area contributed by atoms with Gasteiger partial charge in [0.15, 0.2) is 0 Å². The van der Waals surface area contributed by atoms with E-state index in [2.05, 4.69) is 15.5 Å². The van der Waals surface area contributed by atoms with Crippen LogP contribution < -0.4 is 10.6 Å². The summed E-state index contributed by atoms with van der Waals surface area (Å²) in [5.74, 6) is -0.286. The first kappa shape index (κ1) is 18.8. The van der Waals surface area contributed by atoms with E-state index in [9.17, 15) is 9.18 Å². The fourth-order valence-corrected chi connectivity index (χ4v) is 3.02. The topological polar surface area (TPSA) is 77.4 Å². The first-order valence-electron chi connectivity index (χ1n) is 8.78. The number of benzene rings is 2. The van der Waals surface area contributed by atoms with E-state index in [0.29, 0.717) is 31.0 Å². The van der Waals surface area contributed by atoms with Crippen molar-refractivity contribution in [2.75, 3.05) is 38.2 Å². The molecular formula is C20H21FN4O2. The number of anilines is 1. The average molecular weight is 368 g/mol. The van der Waals surface area contributed by atoms with Gasteiger partial charge in [-0.1, -0.05) is 12.1 Å². The number of carbonyl (C=O) groups is 1. The van der Waals surface area contributed by atoms with Gasteiger partial charge in [-0.15, -0.1) is 0 Å². The van der Waals surface area contributed by atoms with Crippen LogP contribution in [0.4, 0.5) is 14.9 Å². The molecule has 1 unspecified atom stereocenters. The van der Waals surface area contributed by atoms with Crippen LogP contribution in [0, 0.1) is 17.1 Å². The van der Waals surface area contributed by atoms with E-state index < -0.39 is 0 Å². The number of nitrogens with zero attached hydrogens (tertiary/aromatic N) is 2. The lowest BCUT2D eigenvalue weighted by atomic mass is 10.0. The maximum Gasteiger partial charge on any atom is 0.319 e. The van der Waals surface area contributed by atoms with Gasteiger partial charge >= 0.3 is 6.03 Å². The number of ether oxygens (including phenoxy) is 1. The molecule has 0 radical (unpaired) electrons. The highest BCUT2D eigenvalue weighted by Gasteiger charge is 2.23. The Labute approximate surface area is 157 Å². The normalized spacial score (nSPS) is 15.6. The fourth-order valence-electron chi connectivity index (χ4n) is 3.02. The maximum atomic E-state index is 13.3. The molecule has 27 heavy (non-hydrogen) atoms. The van der Waals surface area contributed by atoms with Crippen molar-refractivity contribution in [3.8, 4) is 6.07 Å². The highest BCUT2D eigenvalue weighted by molar-refractivity contribution is 5.89. The summed E-state index contributed by atoms with van der Waals surface area (Å²) in [5, 5.41) is 14.4. The highest BCUT2D eigenvalue weighted by atomic mass is 19.1. The molecule has 1 atom stereocenters. The molecule has 140 valence electrons. The van der Waals surface area contributed by atoms with Gasteiger partial charge in [0, 0.05) is 25.3 Å². The first-order valence-corrected chi connectivity index (χ1v) is 8.78. The molecule has 0 bridgehead atoms. The van der Waals surface area contributed by atoms with Crippen molar-refractivity contribution >= 4 is 11.7 Å². The second kappa shape index (κ2) is 9.12. The lowest BCUT2D eigenvalue weighted by Gasteiger charge is -2.34. The second-order valence-corrected chi connectivity index (χ2v) is 6.24. The van der Waals surface area contributed by atoms with Crippen LogP contribution in [0.1, 0.15) is 17.2 Å². The van der Waals surface area contributed by atoms with Gasteiger partial charge < -0.3 is 15.4 Å². The third-order valence-corrected chi connectivity index (χ3v) is 4.47. The standard InChI is InChI=1S/C20H21FN4O2/c21-17-5-3-16(4-6-17)19(25-9-11-27-12-10-25)14-23-20(26)24-18-7-1-15(13-22)2-8-18/h1-8,19H,9-12,14H2,(H2,23,24,26). The van der Waals surface area contributed by atoms with E-state index in [4.69, 9.17) is 10.00 Å². The molecule has 3 rings (SSSR count). The number of hydrogen-bond donors (Lipinski definition) is 2. The number of amides is 2. The Balaban J connectivity index is 1.63. The van der Waals surface area contributed by atoms with E-state index in [-0.39, 0.29) is 17.9 Å². The summed E-state index contributed by atoms with van der Waals surface area (Å²) in [5.41, 5.74) is 2.08. The number of nitriles is 1. The quantitative estimate of drug-likeness (QED) is 0.851. The number of morpholine rings is 1. The molecule has 1 saturated heterocycles. The third kappa shape index (κ3) is 5.26. The van der Waals surface area contributed by atoms with E-state index in [0.717, 1.165) is 18.7 Å². The molecule has 2 aromatic carbocycles. The molecule has 1 aliphatic heterocycles. The van der Waals surface area contributed by atoms with E-state index in [1.165, 1.54) is 12.1 Å². The number of hydrogen-bond acceptors (Lipinski definition) is 4. The van der Waals surface area contributed by atoms with Crippen LogP contribution in [-0.2, 0) is 4.74 Å². The molecule has 0 aromatic heterocycles. The molecule has 2 aromatic rings. The van der Waals surface area contributed by atoms with Crippen LogP contribution in [-0.4, -0.2) is 43.8 Å². The SMILES string of the molecule is N#Cc1ccc(NC(=O)NCC(c2ccc(F)cc2)N2CCOCC2)cc1. The monoisotopic (exact) mass is 368 g/mol. The highest BCUT2D eigenvalue weighted by Crippen LogP contribution is 2.21. The van der Waals surface area contributed by atoms with Crippen molar-refractivity contribution in [3.63, 3.8) is 0 Å². The minimum Gasteiger partial charge on any atom is -0.379 e. The molecule has 1 aliphatic rings. The molecule has 0 aliphatic carbocycles. The van der Waals surface area contributed by atoms with Crippen molar-refractivity contribution in [1.82, 2.24) is 10.2 Å². The van der Waals surface area contributed by atoms with Crippen LogP contribution in [0.15, 0.2) is 48.5 Å². The molecule has 0 saturated carbocycles. The van der Waals surface area contributed by atoms with Crippen LogP contribution in [0.25, 0.3) is 0 Å². The molecule has 7 heteroatoms. The average Bonchev–Trinajstić information content (AvgIpc) is 2.71. The van der Waals surface area contributed by atoms with Gasteiger partial charge in [-0.3, -0.25) is 4.90 Å². The molecule has 2 N–H and O–H groups in total. The zero-order chi connectivity index (χ0) is 19.1. The summed E-state index contributed by atoms with van der Waals surface area (Å²) in [7, 11) is 0. The summed E-state index contributed by atoms with van der Waals surface area (Å²) in [6.45, 7) is 3.15. The zero-order valence-corrected chi connectivity index (χ0v) is 14.8. The summed E-state index contributed by atoms with van der Waals surface area (Å²) >= 11 is 0. The van der Waals surface area contributed by atoms with Gasteiger partial charge in [-0.25, -0.2) is 9.18 Å². The smallest absolute Gasteiger partial charge is 0.319 e. The molecule has 6 nitrogen and oxygen atoms in total. The summed E-state index contributed by atoms with van der Waals surface area (Å²) in [6.07, 6.45) is 0. The van der Waals surface area contributed by atoms with Gasteiger partial charge in [0.1, 0.15) is 5.82 Å².